The van der Waals surface area contributed by atoms with Crippen LogP contribution in [0.15, 0.2) is 24.3 Å². The average Bonchev–Trinajstić information content (AvgIpc) is 3.12. The molecule has 3 rings (SSSR count). The molecule has 2 amide bonds. The first kappa shape index (κ1) is 15.2. The Morgan fingerprint density at radius 1 is 1.26 bits per heavy atom. The van der Waals surface area contributed by atoms with Gasteiger partial charge in [0.1, 0.15) is 5.82 Å². The van der Waals surface area contributed by atoms with Gasteiger partial charge in [-0.2, -0.15) is 0 Å². The fraction of sp³-hybridized carbons (Fsp3) is 0.375. The normalized spacial score (nSPS) is 12.8. The summed E-state index contributed by atoms with van der Waals surface area (Å²) in [4.78, 5) is 25.1. The van der Waals surface area contributed by atoms with Gasteiger partial charge in [0.05, 0.1) is 6.54 Å². The van der Waals surface area contributed by atoms with Crippen LogP contribution in [0.4, 0.5) is 10.5 Å². The van der Waals surface area contributed by atoms with Gasteiger partial charge >= 0.3 is 6.03 Å². The third-order valence-electron chi connectivity index (χ3n) is 3.95. The van der Waals surface area contributed by atoms with E-state index in [2.05, 4.69) is 20.1 Å². The van der Waals surface area contributed by atoms with Gasteiger partial charge < -0.3 is 14.8 Å². The lowest BCUT2D eigenvalue weighted by Crippen LogP contribution is -2.31. The van der Waals surface area contributed by atoms with Gasteiger partial charge in [0, 0.05) is 31.3 Å². The van der Waals surface area contributed by atoms with Gasteiger partial charge in [-0.15, -0.1) is 10.2 Å². The van der Waals surface area contributed by atoms with E-state index < -0.39 is 0 Å². The fourth-order valence-corrected chi connectivity index (χ4v) is 2.62. The van der Waals surface area contributed by atoms with Crippen molar-refractivity contribution in [3.05, 3.63) is 41.5 Å². The Hall–Kier alpha value is -2.70. The van der Waals surface area contributed by atoms with Crippen molar-refractivity contribution >= 4 is 17.5 Å². The standard InChI is InChI=1S/C16H19N5O2/c1-11(22)12-5-7-13(8-6-12)17-16(23)20(2)10-15-19-18-14-4-3-9-21(14)15/h5-8H,3-4,9-10H2,1-2H3,(H,17,23). The maximum atomic E-state index is 12.2. The van der Waals surface area contributed by atoms with E-state index in [1.54, 1.807) is 36.2 Å². The molecule has 120 valence electrons. The molecule has 0 saturated heterocycles. The lowest BCUT2D eigenvalue weighted by atomic mass is 10.1. The zero-order valence-electron chi connectivity index (χ0n) is 13.2. The topological polar surface area (TPSA) is 80.1 Å². The Labute approximate surface area is 134 Å². The highest BCUT2D eigenvalue weighted by atomic mass is 16.2. The lowest BCUT2D eigenvalue weighted by molar-refractivity contribution is 0.101. The van der Waals surface area contributed by atoms with Crippen LogP contribution in [0, 0.1) is 0 Å². The number of benzene rings is 1. The van der Waals surface area contributed by atoms with Crippen LogP contribution in [0.1, 0.15) is 35.4 Å². The van der Waals surface area contributed by atoms with E-state index in [1.807, 2.05) is 0 Å². The molecule has 1 N–H and O–H groups in total. The number of Topliss-reactive ketones (excluding diaryl/α,β-unsaturated/α-hetero) is 1. The quantitative estimate of drug-likeness (QED) is 0.877. The second kappa shape index (κ2) is 6.20. The van der Waals surface area contributed by atoms with Gasteiger partial charge in [-0.05, 0) is 37.6 Å². The summed E-state index contributed by atoms with van der Waals surface area (Å²) in [6.07, 6.45) is 2.03. The number of amides is 2. The molecule has 2 heterocycles. The third kappa shape index (κ3) is 3.23. The maximum Gasteiger partial charge on any atom is 0.321 e. The predicted octanol–water partition coefficient (Wildman–Crippen LogP) is 2.09. The zero-order chi connectivity index (χ0) is 16.4. The molecular formula is C16H19N5O2. The molecule has 0 saturated carbocycles. The Kier molecular flexibility index (Phi) is 4.10. The monoisotopic (exact) mass is 313 g/mol. The van der Waals surface area contributed by atoms with Crippen LogP contribution in [-0.4, -0.2) is 38.5 Å². The maximum absolute atomic E-state index is 12.2. The van der Waals surface area contributed by atoms with E-state index in [0.717, 1.165) is 31.0 Å². The first-order valence-corrected chi connectivity index (χ1v) is 7.58. The van der Waals surface area contributed by atoms with Crippen molar-refractivity contribution in [3.63, 3.8) is 0 Å². The zero-order valence-corrected chi connectivity index (χ0v) is 13.2. The van der Waals surface area contributed by atoms with E-state index in [9.17, 15) is 9.59 Å². The van der Waals surface area contributed by atoms with E-state index in [1.165, 1.54) is 6.92 Å². The van der Waals surface area contributed by atoms with Gasteiger partial charge in [0.2, 0.25) is 0 Å². The van der Waals surface area contributed by atoms with Crippen LogP contribution in [-0.2, 0) is 19.5 Å². The van der Waals surface area contributed by atoms with E-state index in [-0.39, 0.29) is 11.8 Å². The summed E-state index contributed by atoms with van der Waals surface area (Å²) in [6.45, 7) is 2.84. The number of hydrogen-bond donors (Lipinski definition) is 1. The van der Waals surface area contributed by atoms with E-state index in [4.69, 9.17) is 0 Å². The smallest absolute Gasteiger partial charge is 0.320 e. The van der Waals surface area contributed by atoms with Crippen molar-refractivity contribution in [2.24, 2.45) is 0 Å². The minimum atomic E-state index is -0.226. The number of fused-ring (bicyclic) bond motifs is 1. The van der Waals surface area contributed by atoms with E-state index >= 15 is 0 Å². The number of urea groups is 1. The molecule has 1 aliphatic heterocycles. The van der Waals surface area contributed by atoms with Crippen molar-refractivity contribution in [2.45, 2.75) is 32.9 Å². The summed E-state index contributed by atoms with van der Waals surface area (Å²) < 4.78 is 2.07. The van der Waals surface area contributed by atoms with Gasteiger partial charge in [-0.1, -0.05) is 0 Å². The fourth-order valence-electron chi connectivity index (χ4n) is 2.62. The molecule has 1 aliphatic rings. The van der Waals surface area contributed by atoms with Crippen molar-refractivity contribution in [1.29, 1.82) is 0 Å². The molecule has 7 nitrogen and oxygen atoms in total. The predicted molar refractivity (Wildman–Crippen MR) is 85.3 cm³/mol. The largest absolute Gasteiger partial charge is 0.321 e. The molecule has 0 bridgehead atoms. The highest BCUT2D eigenvalue weighted by molar-refractivity contribution is 5.95. The van der Waals surface area contributed by atoms with Crippen LogP contribution in [0.25, 0.3) is 0 Å². The number of nitrogens with one attached hydrogen (secondary N) is 1. The highest BCUT2D eigenvalue weighted by Crippen LogP contribution is 2.16. The molecule has 0 unspecified atom stereocenters. The van der Waals surface area contributed by atoms with E-state index in [0.29, 0.717) is 17.8 Å². The number of hydrogen-bond acceptors (Lipinski definition) is 4. The number of carbonyl (C=O) groups excluding carboxylic acids is 2. The number of rotatable bonds is 4. The van der Waals surface area contributed by atoms with Crippen molar-refractivity contribution in [1.82, 2.24) is 19.7 Å². The van der Waals surface area contributed by atoms with Gasteiger partial charge in [0.25, 0.3) is 0 Å². The van der Waals surface area contributed by atoms with Crippen molar-refractivity contribution in [3.8, 4) is 0 Å². The summed E-state index contributed by atoms with van der Waals surface area (Å²) in [5.74, 6) is 1.80. The molecule has 1 aromatic heterocycles. The summed E-state index contributed by atoms with van der Waals surface area (Å²) in [6, 6.07) is 6.61. The molecule has 0 radical (unpaired) electrons. The molecule has 2 aromatic rings. The SMILES string of the molecule is CC(=O)c1ccc(NC(=O)N(C)Cc2nnc3n2CCC3)cc1. The number of aryl methyl sites for hydroxylation is 1. The third-order valence-corrected chi connectivity index (χ3v) is 3.95. The highest BCUT2D eigenvalue weighted by Gasteiger charge is 2.19. The number of carbonyl (C=O) groups is 2. The van der Waals surface area contributed by atoms with Crippen LogP contribution in [0.3, 0.4) is 0 Å². The summed E-state index contributed by atoms with van der Waals surface area (Å²) in [7, 11) is 1.72. The summed E-state index contributed by atoms with van der Waals surface area (Å²) >= 11 is 0. The number of anilines is 1. The van der Waals surface area contributed by atoms with Crippen LogP contribution in [0.2, 0.25) is 0 Å². The van der Waals surface area contributed by atoms with Crippen LogP contribution in [0.5, 0.6) is 0 Å². The Bertz CT molecular complexity index is 735. The Morgan fingerprint density at radius 2 is 2.00 bits per heavy atom. The molecule has 7 heteroatoms. The molecule has 1 aromatic carbocycles. The number of nitrogens with zero attached hydrogens (tertiary/aromatic N) is 4. The summed E-state index contributed by atoms with van der Waals surface area (Å²) in [5.41, 5.74) is 1.27. The second-order valence-corrected chi connectivity index (χ2v) is 5.71. The minimum absolute atomic E-state index is 0.000608. The molecule has 0 atom stereocenters. The van der Waals surface area contributed by atoms with Gasteiger partial charge in [0.15, 0.2) is 11.6 Å². The van der Waals surface area contributed by atoms with Crippen molar-refractivity contribution < 1.29 is 9.59 Å². The van der Waals surface area contributed by atoms with Crippen LogP contribution < -0.4 is 5.32 Å². The van der Waals surface area contributed by atoms with Crippen molar-refractivity contribution in [2.75, 3.05) is 12.4 Å². The average molecular weight is 313 g/mol. The first-order valence-electron chi connectivity index (χ1n) is 7.58. The second-order valence-electron chi connectivity index (χ2n) is 5.71. The van der Waals surface area contributed by atoms with Gasteiger partial charge in [-0.3, -0.25) is 4.79 Å². The molecule has 0 spiro atoms. The minimum Gasteiger partial charge on any atom is -0.320 e. The molecule has 0 aliphatic carbocycles. The first-order chi connectivity index (χ1) is 11.0. The van der Waals surface area contributed by atoms with Gasteiger partial charge in [-0.25, -0.2) is 4.79 Å². The van der Waals surface area contributed by atoms with Crippen LogP contribution >= 0.6 is 0 Å². The lowest BCUT2D eigenvalue weighted by Gasteiger charge is -2.17. The molecule has 23 heavy (non-hydrogen) atoms. The Balaban J connectivity index is 1.62. The molecule has 0 fully saturated rings. The Morgan fingerprint density at radius 3 is 2.70 bits per heavy atom. The molecular weight excluding hydrogens is 294 g/mol. The number of aromatic nitrogens is 3. The summed E-state index contributed by atoms with van der Waals surface area (Å²) in [5, 5.41) is 11.1. The number of ketones is 1.